The summed E-state index contributed by atoms with van der Waals surface area (Å²) in [4.78, 5) is 17.0. The topological polar surface area (TPSA) is 80.0 Å². The summed E-state index contributed by atoms with van der Waals surface area (Å²) in [5.41, 5.74) is 2.77. The minimum atomic E-state index is -0.0359. The van der Waals surface area contributed by atoms with E-state index in [2.05, 4.69) is 20.8 Å². The number of hydrogen-bond acceptors (Lipinski definition) is 5. The second-order valence-corrected chi connectivity index (χ2v) is 6.35. The van der Waals surface area contributed by atoms with Crippen LogP contribution in [0, 0.1) is 6.92 Å². The van der Waals surface area contributed by atoms with Crippen molar-refractivity contribution >= 4 is 17.0 Å². The lowest BCUT2D eigenvalue weighted by Crippen LogP contribution is -2.29. The number of nitrogens with zero attached hydrogens (tertiary/aromatic N) is 2. The van der Waals surface area contributed by atoms with Crippen LogP contribution in [0.25, 0.3) is 11.1 Å². The summed E-state index contributed by atoms with van der Waals surface area (Å²) in [5, 5.41) is 11.5. The maximum atomic E-state index is 12.6. The number of fused-ring (bicyclic) bond motifs is 1. The third-order valence-electron chi connectivity index (χ3n) is 4.44. The van der Waals surface area contributed by atoms with Crippen molar-refractivity contribution in [2.45, 2.75) is 44.6 Å². The molecule has 2 aliphatic rings. The normalized spacial score (nSPS) is 22.0. The van der Waals surface area contributed by atoms with E-state index in [1.807, 2.05) is 13.0 Å². The number of piperidine rings is 1. The number of amides is 1. The van der Waals surface area contributed by atoms with E-state index in [1.54, 1.807) is 0 Å². The predicted molar refractivity (Wildman–Crippen MR) is 81.9 cm³/mol. The van der Waals surface area contributed by atoms with Gasteiger partial charge in [-0.15, -0.1) is 0 Å². The Morgan fingerprint density at radius 3 is 3.00 bits per heavy atom. The fourth-order valence-electron chi connectivity index (χ4n) is 3.13. The number of hydrogen-bond donors (Lipinski definition) is 2. The van der Waals surface area contributed by atoms with Crippen LogP contribution in [0.4, 0.5) is 0 Å². The van der Waals surface area contributed by atoms with Crippen LogP contribution in [0.3, 0.4) is 0 Å². The Kier molecular flexibility index (Phi) is 3.33. The lowest BCUT2D eigenvalue weighted by molar-refractivity contribution is 0.0952. The van der Waals surface area contributed by atoms with Gasteiger partial charge in [0.25, 0.3) is 11.6 Å². The molecular formula is C16H20N4O2. The van der Waals surface area contributed by atoms with Gasteiger partial charge in [0.15, 0.2) is 0 Å². The number of carbonyl (C=O) groups excluding carboxylic acids is 1. The molecule has 1 atom stereocenters. The molecule has 1 saturated carbocycles. The number of pyridine rings is 1. The van der Waals surface area contributed by atoms with Crippen LogP contribution in [-0.4, -0.2) is 35.2 Å². The lowest BCUT2D eigenvalue weighted by atomic mass is 9.93. The maximum Gasteiger partial charge on any atom is 0.259 e. The van der Waals surface area contributed by atoms with Crippen molar-refractivity contribution in [3.05, 3.63) is 23.0 Å². The van der Waals surface area contributed by atoms with E-state index in [4.69, 9.17) is 4.52 Å². The minimum Gasteiger partial charge on any atom is -0.349 e. The van der Waals surface area contributed by atoms with Crippen molar-refractivity contribution in [1.29, 1.82) is 0 Å². The quantitative estimate of drug-likeness (QED) is 0.905. The van der Waals surface area contributed by atoms with Crippen molar-refractivity contribution in [2.24, 2.45) is 0 Å². The standard InChI is InChI=1S/C16H20N4O2/c1-9-7-12(15(21)19-11-4-5-11)13-14(20-22-16(13)18-9)10-3-2-6-17-8-10/h7,10-11,17H,2-6,8H2,1H3,(H,19,21). The van der Waals surface area contributed by atoms with E-state index < -0.39 is 0 Å². The van der Waals surface area contributed by atoms with Crippen LogP contribution in [-0.2, 0) is 0 Å². The van der Waals surface area contributed by atoms with E-state index in [9.17, 15) is 4.79 Å². The van der Waals surface area contributed by atoms with Crippen LogP contribution >= 0.6 is 0 Å². The summed E-state index contributed by atoms with van der Waals surface area (Å²) in [6.07, 6.45) is 4.32. The van der Waals surface area contributed by atoms with Crippen molar-refractivity contribution in [2.75, 3.05) is 13.1 Å². The SMILES string of the molecule is Cc1cc(C(=O)NC2CC2)c2c(C3CCCNC3)noc2n1. The van der Waals surface area contributed by atoms with Gasteiger partial charge < -0.3 is 15.2 Å². The third-order valence-corrected chi connectivity index (χ3v) is 4.44. The molecule has 116 valence electrons. The molecule has 0 radical (unpaired) electrons. The molecule has 2 N–H and O–H groups in total. The summed E-state index contributed by atoms with van der Waals surface area (Å²) in [7, 11) is 0. The average molecular weight is 300 g/mol. The first-order valence-corrected chi connectivity index (χ1v) is 8.01. The second kappa shape index (κ2) is 5.35. The molecule has 2 aromatic heterocycles. The zero-order chi connectivity index (χ0) is 15.1. The van der Waals surface area contributed by atoms with E-state index >= 15 is 0 Å². The van der Waals surface area contributed by atoms with Crippen molar-refractivity contribution in [1.82, 2.24) is 20.8 Å². The molecule has 2 fully saturated rings. The minimum absolute atomic E-state index is 0.0359. The van der Waals surface area contributed by atoms with E-state index in [0.29, 0.717) is 17.3 Å². The van der Waals surface area contributed by atoms with Gasteiger partial charge in [0, 0.05) is 24.2 Å². The van der Waals surface area contributed by atoms with E-state index in [1.165, 1.54) is 0 Å². The van der Waals surface area contributed by atoms with Crippen LogP contribution < -0.4 is 10.6 Å². The fraction of sp³-hybridized carbons (Fsp3) is 0.562. The Bertz CT molecular complexity index is 714. The molecule has 22 heavy (non-hydrogen) atoms. The Hall–Kier alpha value is -1.95. The fourth-order valence-corrected chi connectivity index (χ4v) is 3.13. The molecule has 1 amide bonds. The molecule has 2 aromatic rings. The van der Waals surface area contributed by atoms with Gasteiger partial charge in [0.05, 0.1) is 16.6 Å². The van der Waals surface area contributed by atoms with Crippen molar-refractivity contribution < 1.29 is 9.32 Å². The highest BCUT2D eigenvalue weighted by Crippen LogP contribution is 2.31. The van der Waals surface area contributed by atoms with Crippen LogP contribution in [0.5, 0.6) is 0 Å². The number of aromatic nitrogens is 2. The molecule has 6 nitrogen and oxygen atoms in total. The molecule has 1 unspecified atom stereocenters. The summed E-state index contributed by atoms with van der Waals surface area (Å²) < 4.78 is 5.43. The van der Waals surface area contributed by atoms with Gasteiger partial charge in [0.1, 0.15) is 0 Å². The number of nitrogens with one attached hydrogen (secondary N) is 2. The van der Waals surface area contributed by atoms with Gasteiger partial charge in [-0.3, -0.25) is 4.79 Å². The van der Waals surface area contributed by atoms with E-state index in [-0.39, 0.29) is 11.8 Å². The van der Waals surface area contributed by atoms with Crippen LogP contribution in [0.15, 0.2) is 10.6 Å². The molecule has 4 rings (SSSR count). The van der Waals surface area contributed by atoms with E-state index in [0.717, 1.165) is 55.5 Å². The summed E-state index contributed by atoms with van der Waals surface area (Å²) in [6, 6.07) is 2.17. The van der Waals surface area contributed by atoms with Crippen molar-refractivity contribution in [3.8, 4) is 0 Å². The average Bonchev–Trinajstić information content (AvgIpc) is 3.24. The first-order chi connectivity index (χ1) is 10.7. The molecular weight excluding hydrogens is 280 g/mol. The van der Waals surface area contributed by atoms with Crippen LogP contribution in [0.1, 0.15) is 53.3 Å². The largest absolute Gasteiger partial charge is 0.349 e. The molecule has 0 aromatic carbocycles. The number of rotatable bonds is 3. The molecule has 1 saturated heterocycles. The molecule has 0 bridgehead atoms. The molecule has 6 heteroatoms. The number of carbonyl (C=O) groups is 1. The van der Waals surface area contributed by atoms with Gasteiger partial charge in [-0.2, -0.15) is 0 Å². The second-order valence-electron chi connectivity index (χ2n) is 6.35. The maximum absolute atomic E-state index is 12.6. The molecule has 3 heterocycles. The lowest BCUT2D eigenvalue weighted by Gasteiger charge is -2.21. The summed E-state index contributed by atoms with van der Waals surface area (Å²) in [6.45, 7) is 3.79. The first kappa shape index (κ1) is 13.7. The Morgan fingerprint density at radius 2 is 2.27 bits per heavy atom. The van der Waals surface area contributed by atoms with Crippen molar-refractivity contribution in [3.63, 3.8) is 0 Å². The third kappa shape index (κ3) is 2.47. The highest BCUT2D eigenvalue weighted by molar-refractivity contribution is 6.06. The first-order valence-electron chi connectivity index (χ1n) is 8.01. The van der Waals surface area contributed by atoms with Gasteiger partial charge >= 0.3 is 0 Å². The monoisotopic (exact) mass is 300 g/mol. The zero-order valence-electron chi connectivity index (χ0n) is 12.7. The Labute approximate surface area is 128 Å². The van der Waals surface area contributed by atoms with Gasteiger partial charge in [-0.1, -0.05) is 5.16 Å². The predicted octanol–water partition coefficient (Wildman–Crippen LogP) is 1.89. The van der Waals surface area contributed by atoms with Gasteiger partial charge in [0.2, 0.25) is 0 Å². The zero-order valence-corrected chi connectivity index (χ0v) is 12.7. The molecule has 1 aliphatic heterocycles. The van der Waals surface area contributed by atoms with Gasteiger partial charge in [-0.25, -0.2) is 4.98 Å². The summed E-state index contributed by atoms with van der Waals surface area (Å²) >= 11 is 0. The van der Waals surface area contributed by atoms with Gasteiger partial charge in [-0.05, 0) is 45.2 Å². The highest BCUT2D eigenvalue weighted by atomic mass is 16.5. The Balaban J connectivity index is 1.78. The smallest absolute Gasteiger partial charge is 0.259 e. The Morgan fingerprint density at radius 1 is 1.41 bits per heavy atom. The molecule has 1 aliphatic carbocycles. The highest BCUT2D eigenvalue weighted by Gasteiger charge is 2.29. The number of aryl methyl sites for hydroxylation is 1. The van der Waals surface area contributed by atoms with Crippen LogP contribution in [0.2, 0.25) is 0 Å². The summed E-state index contributed by atoms with van der Waals surface area (Å²) in [5.74, 6) is 0.248. The molecule has 0 spiro atoms.